The first-order valence-electron chi connectivity index (χ1n) is 16.6. The molecular formula is C33H47N9O3. The minimum Gasteiger partial charge on any atom is -0.494 e. The van der Waals surface area contributed by atoms with Crippen LogP contribution >= 0.6 is 0 Å². The lowest BCUT2D eigenvalue weighted by atomic mass is 9.96. The van der Waals surface area contributed by atoms with Gasteiger partial charge in [-0.15, -0.1) is 0 Å². The molecule has 12 heteroatoms. The van der Waals surface area contributed by atoms with Crippen LogP contribution < -0.4 is 9.64 Å². The molecule has 0 saturated carbocycles. The van der Waals surface area contributed by atoms with Gasteiger partial charge in [0.2, 0.25) is 5.91 Å². The van der Waals surface area contributed by atoms with Crippen molar-refractivity contribution in [2.45, 2.75) is 46.1 Å². The van der Waals surface area contributed by atoms with Crippen LogP contribution in [0.25, 0.3) is 11.0 Å². The third-order valence-electron chi connectivity index (χ3n) is 9.50. The van der Waals surface area contributed by atoms with E-state index in [2.05, 4.69) is 30.9 Å². The molecule has 1 aromatic carbocycles. The van der Waals surface area contributed by atoms with Gasteiger partial charge in [0.25, 0.3) is 0 Å². The van der Waals surface area contributed by atoms with Crippen LogP contribution in [0.5, 0.6) is 5.75 Å². The molecule has 3 fully saturated rings. The molecule has 0 aliphatic carbocycles. The number of carbonyl (C=O) groups excluding carboxylic acids is 2. The Bertz CT molecular complexity index is 1440. The number of rotatable bonds is 10. The SMILES string of the molecule is CCOc1cccc(Cn2ncc3c(N4CCN(C(=O)N5CCC(CN(CCN6CCCC6)C(C)=O)CC5)CC4)ncnc32)c1. The Morgan fingerprint density at radius 2 is 1.73 bits per heavy atom. The number of carbonyl (C=O) groups is 2. The van der Waals surface area contributed by atoms with E-state index in [1.807, 2.05) is 50.7 Å². The lowest BCUT2D eigenvalue weighted by Crippen LogP contribution is -2.54. The summed E-state index contributed by atoms with van der Waals surface area (Å²) in [4.78, 5) is 45.7. The van der Waals surface area contributed by atoms with Gasteiger partial charge in [0, 0.05) is 65.8 Å². The number of hydrogen-bond acceptors (Lipinski definition) is 8. The summed E-state index contributed by atoms with van der Waals surface area (Å²) in [6, 6.07) is 8.18. The fourth-order valence-electron chi connectivity index (χ4n) is 6.90. The Kier molecular flexibility index (Phi) is 9.97. The summed E-state index contributed by atoms with van der Waals surface area (Å²) in [5.74, 6) is 2.32. The number of piperidine rings is 1. The molecule has 0 radical (unpaired) electrons. The summed E-state index contributed by atoms with van der Waals surface area (Å²) >= 11 is 0. The molecule has 0 bridgehead atoms. The highest BCUT2D eigenvalue weighted by atomic mass is 16.5. The number of ether oxygens (including phenoxy) is 1. The number of amides is 3. The van der Waals surface area contributed by atoms with Crippen LogP contribution in [0.3, 0.4) is 0 Å². The van der Waals surface area contributed by atoms with E-state index >= 15 is 0 Å². The molecule has 3 aliphatic heterocycles. The molecule has 0 unspecified atom stereocenters. The number of fused-ring (bicyclic) bond motifs is 1. The second-order valence-corrected chi connectivity index (χ2v) is 12.5. The van der Waals surface area contributed by atoms with E-state index in [4.69, 9.17) is 4.74 Å². The summed E-state index contributed by atoms with van der Waals surface area (Å²) in [6.45, 7) is 14.0. The number of aromatic nitrogens is 4. The van der Waals surface area contributed by atoms with Crippen molar-refractivity contribution in [1.29, 1.82) is 0 Å². The first-order valence-corrected chi connectivity index (χ1v) is 16.6. The van der Waals surface area contributed by atoms with Crippen LogP contribution in [0.1, 0.15) is 45.1 Å². The summed E-state index contributed by atoms with van der Waals surface area (Å²) in [6.07, 6.45) is 7.87. The van der Waals surface area contributed by atoms with Crippen molar-refractivity contribution in [3.05, 3.63) is 42.4 Å². The van der Waals surface area contributed by atoms with Crippen molar-refractivity contribution in [1.82, 2.24) is 39.3 Å². The third-order valence-corrected chi connectivity index (χ3v) is 9.50. The van der Waals surface area contributed by atoms with Gasteiger partial charge < -0.3 is 29.2 Å². The molecule has 0 spiro atoms. The van der Waals surface area contributed by atoms with Gasteiger partial charge in [-0.25, -0.2) is 19.4 Å². The second-order valence-electron chi connectivity index (χ2n) is 12.5. The molecule has 3 saturated heterocycles. The average Bonchev–Trinajstić information content (AvgIpc) is 3.74. The van der Waals surface area contributed by atoms with E-state index in [1.54, 1.807) is 13.3 Å². The van der Waals surface area contributed by atoms with Gasteiger partial charge in [-0.05, 0) is 69.3 Å². The van der Waals surface area contributed by atoms with Crippen molar-refractivity contribution in [2.75, 3.05) is 83.5 Å². The maximum absolute atomic E-state index is 13.5. The number of nitrogens with zero attached hydrogens (tertiary/aromatic N) is 9. The number of urea groups is 1. The second kappa shape index (κ2) is 14.4. The first-order chi connectivity index (χ1) is 22.0. The highest BCUT2D eigenvalue weighted by molar-refractivity contribution is 5.87. The predicted molar refractivity (Wildman–Crippen MR) is 173 cm³/mol. The fourth-order valence-corrected chi connectivity index (χ4v) is 6.90. The molecule has 3 aromatic rings. The Morgan fingerprint density at radius 3 is 2.47 bits per heavy atom. The van der Waals surface area contributed by atoms with Crippen molar-refractivity contribution >= 4 is 28.8 Å². The standard InChI is InChI=1S/C33H47N9O3/c1-3-45-29-8-6-7-28(21-29)24-42-32-30(22-36-42)31(34-25-35-32)38-17-19-40(20-18-38)33(44)39-13-9-27(10-14-39)23-41(26(2)43)16-15-37-11-4-5-12-37/h6-8,21-22,25,27H,3-5,9-20,23-24H2,1-2H3. The summed E-state index contributed by atoms with van der Waals surface area (Å²) in [5.41, 5.74) is 1.89. The smallest absolute Gasteiger partial charge is 0.320 e. The number of piperazine rings is 1. The lowest BCUT2D eigenvalue weighted by Gasteiger charge is -2.40. The van der Waals surface area contributed by atoms with Gasteiger partial charge in [0.05, 0.1) is 24.7 Å². The fraction of sp³-hybridized carbons (Fsp3) is 0.606. The monoisotopic (exact) mass is 617 g/mol. The van der Waals surface area contributed by atoms with Crippen LogP contribution in [-0.2, 0) is 11.3 Å². The summed E-state index contributed by atoms with van der Waals surface area (Å²) < 4.78 is 7.56. The maximum Gasteiger partial charge on any atom is 0.320 e. The normalized spacial score (nSPS) is 18.1. The zero-order valence-corrected chi connectivity index (χ0v) is 26.8. The molecule has 5 heterocycles. The summed E-state index contributed by atoms with van der Waals surface area (Å²) in [7, 11) is 0. The highest BCUT2D eigenvalue weighted by Gasteiger charge is 2.30. The van der Waals surface area contributed by atoms with Gasteiger partial charge in [0.15, 0.2) is 5.65 Å². The minimum atomic E-state index is 0.125. The van der Waals surface area contributed by atoms with Crippen molar-refractivity contribution in [3.63, 3.8) is 0 Å². The number of hydrogen-bond donors (Lipinski definition) is 0. The van der Waals surface area contributed by atoms with Gasteiger partial charge in [-0.2, -0.15) is 5.10 Å². The van der Waals surface area contributed by atoms with E-state index in [0.717, 1.165) is 86.8 Å². The van der Waals surface area contributed by atoms with Crippen LogP contribution in [-0.4, -0.2) is 130 Å². The largest absolute Gasteiger partial charge is 0.494 e. The van der Waals surface area contributed by atoms with Crippen LogP contribution in [0.4, 0.5) is 10.6 Å². The quantitative estimate of drug-likeness (QED) is 0.342. The van der Waals surface area contributed by atoms with E-state index in [0.29, 0.717) is 45.2 Å². The van der Waals surface area contributed by atoms with E-state index in [-0.39, 0.29) is 11.9 Å². The van der Waals surface area contributed by atoms with Crippen molar-refractivity contribution < 1.29 is 14.3 Å². The predicted octanol–water partition coefficient (Wildman–Crippen LogP) is 3.17. The topological polar surface area (TPSA) is 103 Å². The van der Waals surface area contributed by atoms with Gasteiger partial charge >= 0.3 is 6.03 Å². The Hall–Kier alpha value is -3.93. The van der Waals surface area contributed by atoms with Crippen molar-refractivity contribution in [2.24, 2.45) is 5.92 Å². The third kappa shape index (κ3) is 7.49. The first kappa shape index (κ1) is 31.1. The molecule has 45 heavy (non-hydrogen) atoms. The zero-order chi connectivity index (χ0) is 31.2. The molecule has 6 rings (SSSR count). The minimum absolute atomic E-state index is 0.125. The Balaban J connectivity index is 0.994. The lowest BCUT2D eigenvalue weighted by molar-refractivity contribution is -0.129. The van der Waals surface area contributed by atoms with Crippen LogP contribution in [0, 0.1) is 5.92 Å². The van der Waals surface area contributed by atoms with E-state index in [9.17, 15) is 9.59 Å². The molecule has 0 atom stereocenters. The number of likely N-dealkylation sites (tertiary alicyclic amines) is 2. The molecule has 3 aliphatic rings. The van der Waals surface area contributed by atoms with Crippen LogP contribution in [0.15, 0.2) is 36.8 Å². The van der Waals surface area contributed by atoms with Gasteiger partial charge in [0.1, 0.15) is 17.9 Å². The number of anilines is 1. The van der Waals surface area contributed by atoms with Gasteiger partial charge in [-0.1, -0.05) is 12.1 Å². The molecular weight excluding hydrogens is 570 g/mol. The molecule has 242 valence electrons. The maximum atomic E-state index is 13.5. The van der Waals surface area contributed by atoms with E-state index < -0.39 is 0 Å². The Morgan fingerprint density at radius 1 is 0.978 bits per heavy atom. The van der Waals surface area contributed by atoms with Crippen molar-refractivity contribution in [3.8, 4) is 5.75 Å². The molecule has 3 amide bonds. The average molecular weight is 618 g/mol. The van der Waals surface area contributed by atoms with Crippen LogP contribution in [0.2, 0.25) is 0 Å². The molecule has 0 N–H and O–H groups in total. The molecule has 2 aromatic heterocycles. The zero-order valence-electron chi connectivity index (χ0n) is 26.8. The Labute approximate surface area is 265 Å². The molecule has 12 nitrogen and oxygen atoms in total. The number of benzene rings is 1. The van der Waals surface area contributed by atoms with E-state index in [1.165, 1.54) is 12.8 Å². The summed E-state index contributed by atoms with van der Waals surface area (Å²) in [5, 5.41) is 5.56. The highest BCUT2D eigenvalue weighted by Crippen LogP contribution is 2.26. The van der Waals surface area contributed by atoms with Gasteiger partial charge in [-0.3, -0.25) is 4.79 Å².